The number of benzene rings is 5. The second-order valence-electron chi connectivity index (χ2n) is 15.1. The summed E-state index contributed by atoms with van der Waals surface area (Å²) in [6.45, 7) is 15.8. The Morgan fingerprint density at radius 1 is 0.620 bits per heavy atom. The van der Waals surface area contributed by atoms with Gasteiger partial charge in [0.2, 0.25) is 0 Å². The molecule has 50 heavy (non-hydrogen) atoms. The Morgan fingerprint density at radius 3 is 2.04 bits per heavy atom. The number of pyridine rings is 1. The van der Waals surface area contributed by atoms with Crippen LogP contribution >= 0.6 is 0 Å². The Labute approximate surface area is 310 Å². The molecule has 4 nitrogen and oxygen atoms in total. The zero-order chi connectivity index (χ0) is 33.9. The van der Waals surface area contributed by atoms with Crippen molar-refractivity contribution >= 4 is 44.6 Å². The Hall–Kier alpha value is -4.66. The van der Waals surface area contributed by atoms with Gasteiger partial charge in [-0.2, -0.15) is 47.0 Å². The third kappa shape index (κ3) is 6.16. The number of rotatable bonds is 5. The summed E-state index contributed by atoms with van der Waals surface area (Å²) in [5.74, 6) is 0.918. The van der Waals surface area contributed by atoms with Gasteiger partial charge in [0.1, 0.15) is 5.82 Å². The summed E-state index contributed by atoms with van der Waals surface area (Å²) in [6.07, 6.45) is 2.64. The van der Waals surface area contributed by atoms with Gasteiger partial charge in [0.15, 0.2) is 0 Å². The van der Waals surface area contributed by atoms with Crippen molar-refractivity contribution in [2.45, 2.75) is 58.8 Å². The van der Waals surface area contributed by atoms with Crippen molar-refractivity contribution in [2.75, 3.05) is 9.80 Å². The van der Waals surface area contributed by atoms with Gasteiger partial charge in [-0.1, -0.05) is 95.6 Å². The normalized spacial score (nSPS) is 13.2. The van der Waals surface area contributed by atoms with Crippen LogP contribution in [0.15, 0.2) is 121 Å². The Kier molecular flexibility index (Phi) is 8.73. The summed E-state index contributed by atoms with van der Waals surface area (Å²) in [4.78, 5) is 9.41. The second kappa shape index (κ2) is 12.9. The minimum absolute atomic E-state index is 0. The Morgan fingerprint density at radius 2 is 1.30 bits per heavy atom. The molecule has 2 aromatic heterocycles. The molecule has 5 heteroatoms. The molecule has 0 radical (unpaired) electrons. The maximum Gasteiger partial charge on any atom is 0.135 e. The fourth-order valence-electron chi connectivity index (χ4n) is 6.86. The van der Waals surface area contributed by atoms with Crippen LogP contribution in [0, 0.1) is 18.8 Å². The topological polar surface area (TPSA) is 24.3 Å². The van der Waals surface area contributed by atoms with Crippen LogP contribution in [-0.4, -0.2) is 9.55 Å². The predicted molar refractivity (Wildman–Crippen MR) is 204 cm³/mol. The van der Waals surface area contributed by atoms with Gasteiger partial charge in [0.05, 0.1) is 0 Å². The summed E-state index contributed by atoms with van der Waals surface area (Å²) in [6, 6.07) is 48.9. The van der Waals surface area contributed by atoms with E-state index in [2.05, 4.69) is 190 Å². The number of anilines is 4. The molecule has 0 N–H and O–H groups in total. The molecule has 0 saturated heterocycles. The minimum Gasteiger partial charge on any atom is -0.493 e. The third-order valence-corrected chi connectivity index (χ3v) is 9.57. The molecule has 3 heterocycles. The van der Waals surface area contributed by atoms with Crippen molar-refractivity contribution in [1.82, 2.24) is 9.55 Å². The summed E-state index contributed by atoms with van der Waals surface area (Å²) in [5, 5.41) is 2.39. The van der Waals surface area contributed by atoms with E-state index in [-0.39, 0.29) is 31.9 Å². The maximum atomic E-state index is 4.87. The van der Waals surface area contributed by atoms with Crippen molar-refractivity contribution in [3.8, 4) is 5.82 Å². The van der Waals surface area contributed by atoms with E-state index in [0.29, 0.717) is 6.42 Å². The minimum atomic E-state index is -0.0409. The van der Waals surface area contributed by atoms with Crippen molar-refractivity contribution in [3.05, 3.63) is 163 Å². The Balaban J connectivity index is 0.00000392. The molecule has 5 aromatic carbocycles. The molecule has 0 atom stereocenters. The van der Waals surface area contributed by atoms with Gasteiger partial charge in [0, 0.05) is 49.8 Å². The van der Waals surface area contributed by atoms with Crippen LogP contribution in [0.5, 0.6) is 0 Å². The van der Waals surface area contributed by atoms with Gasteiger partial charge in [0.25, 0.3) is 0 Å². The molecule has 0 bridgehead atoms. The number of hydrogen-bond donors (Lipinski definition) is 0. The van der Waals surface area contributed by atoms with E-state index < -0.39 is 0 Å². The Bertz CT molecular complexity index is 2320. The summed E-state index contributed by atoms with van der Waals surface area (Å²) in [5.41, 5.74) is 11.4. The summed E-state index contributed by atoms with van der Waals surface area (Å²) in [7, 11) is 0. The molecule has 8 rings (SSSR count). The first kappa shape index (κ1) is 33.8. The number of fused-ring (bicyclic) bond motifs is 4. The number of nitrogens with zero attached hydrogens (tertiary/aromatic N) is 4. The van der Waals surface area contributed by atoms with Gasteiger partial charge in [-0.3, -0.25) is 0 Å². The van der Waals surface area contributed by atoms with E-state index in [1.165, 1.54) is 21.9 Å². The van der Waals surface area contributed by atoms with Gasteiger partial charge < -0.3 is 14.4 Å². The van der Waals surface area contributed by atoms with E-state index in [1.54, 1.807) is 0 Å². The van der Waals surface area contributed by atoms with E-state index in [1.807, 2.05) is 6.20 Å². The van der Waals surface area contributed by atoms with Gasteiger partial charge in [-0.05, 0) is 70.7 Å². The predicted octanol–water partition coefficient (Wildman–Crippen LogP) is 11.4. The maximum absolute atomic E-state index is 4.87. The fraction of sp³-hybridized carbons (Fsp3) is 0.200. The largest absolute Gasteiger partial charge is 0.493 e. The first-order valence-electron chi connectivity index (χ1n) is 17.1. The number of hydrogen-bond acceptors (Lipinski definition) is 3. The second-order valence-corrected chi connectivity index (χ2v) is 15.1. The molecule has 254 valence electrons. The van der Waals surface area contributed by atoms with Crippen LogP contribution in [-0.2, 0) is 38.3 Å². The van der Waals surface area contributed by atoms with Crippen molar-refractivity contribution in [1.29, 1.82) is 0 Å². The van der Waals surface area contributed by atoms with Crippen LogP contribution < -0.4 is 9.80 Å². The molecule has 0 fully saturated rings. The fourth-order valence-corrected chi connectivity index (χ4v) is 6.86. The molecular formula is C45H41N4Pt-3. The van der Waals surface area contributed by atoms with Crippen LogP contribution in [0.4, 0.5) is 22.7 Å². The standard InChI is InChI=1S/C45H41N4.Pt/c1-44(2,3)33-22-23-46-43(29-33)49-39-17-11-10-16-37(39)38-21-20-31(27-42(38)49)24-32-25-34(45(4,5)6)28-36(26-32)48-30-47(35-14-8-7-9-15-35)40-18-12-13-19-41(40)48;/h7-23,25,28-30H,24H2,1-6H3;/q-3;. The monoisotopic (exact) mass is 832 g/mol. The van der Waals surface area contributed by atoms with Gasteiger partial charge in [-0.15, -0.1) is 23.8 Å². The molecule has 0 spiro atoms. The number of para-hydroxylation sites is 4. The van der Waals surface area contributed by atoms with Crippen LogP contribution in [0.25, 0.3) is 27.6 Å². The summed E-state index contributed by atoms with van der Waals surface area (Å²) >= 11 is 0. The molecule has 0 saturated carbocycles. The van der Waals surface area contributed by atoms with E-state index in [0.717, 1.165) is 50.7 Å². The smallest absolute Gasteiger partial charge is 0.135 e. The van der Waals surface area contributed by atoms with Gasteiger partial charge in [-0.25, -0.2) is 4.98 Å². The molecule has 0 aliphatic carbocycles. The van der Waals surface area contributed by atoms with Crippen molar-refractivity contribution in [3.63, 3.8) is 0 Å². The van der Waals surface area contributed by atoms with Crippen LogP contribution in [0.1, 0.15) is 63.8 Å². The van der Waals surface area contributed by atoms with E-state index in [4.69, 9.17) is 4.98 Å². The molecule has 0 amide bonds. The first-order valence-corrected chi connectivity index (χ1v) is 17.1. The van der Waals surface area contributed by atoms with Crippen LogP contribution in [0.3, 0.4) is 0 Å². The molecular weight excluding hydrogens is 792 g/mol. The molecule has 0 unspecified atom stereocenters. The average molecular weight is 833 g/mol. The van der Waals surface area contributed by atoms with Crippen molar-refractivity contribution < 1.29 is 21.1 Å². The first-order chi connectivity index (χ1) is 23.5. The molecule has 1 aliphatic rings. The zero-order valence-electron chi connectivity index (χ0n) is 29.4. The number of aromatic nitrogens is 2. The van der Waals surface area contributed by atoms with Gasteiger partial charge >= 0.3 is 0 Å². The van der Waals surface area contributed by atoms with Crippen LogP contribution in [0.2, 0.25) is 0 Å². The summed E-state index contributed by atoms with van der Waals surface area (Å²) < 4.78 is 2.28. The van der Waals surface area contributed by atoms with E-state index >= 15 is 0 Å². The average Bonchev–Trinajstić information content (AvgIpc) is 3.64. The molecule has 7 aromatic rings. The third-order valence-electron chi connectivity index (χ3n) is 9.57. The molecule has 1 aliphatic heterocycles. The van der Waals surface area contributed by atoms with Crippen molar-refractivity contribution in [2.24, 2.45) is 0 Å². The quantitative estimate of drug-likeness (QED) is 0.162. The van der Waals surface area contributed by atoms with E-state index in [9.17, 15) is 0 Å². The SMILES string of the molecule is CC(C)(C)c1cc(Cc2[c-]c3c(cc2)c2ccccc2n3-c2cc(C(C)(C)C)ccn2)[c-]c(N2[CH-]N(c3ccccc3)c3ccccc32)c1.[Pt]. The zero-order valence-corrected chi connectivity index (χ0v) is 31.7.